The summed E-state index contributed by atoms with van der Waals surface area (Å²) in [4.78, 5) is 2.30. The van der Waals surface area contributed by atoms with E-state index in [1.165, 1.54) is 50.3 Å². The molecular formula is C66H42N4OS. The number of anilines is 3. The van der Waals surface area contributed by atoms with Crippen LogP contribution in [0.15, 0.2) is 259 Å². The first-order valence-corrected chi connectivity index (χ1v) is 24.9. The molecule has 72 heavy (non-hydrogen) atoms. The van der Waals surface area contributed by atoms with Crippen LogP contribution in [0.25, 0.3) is 116 Å². The van der Waals surface area contributed by atoms with E-state index >= 15 is 0 Å². The molecule has 11 aromatic carbocycles. The molecule has 0 atom stereocenters. The average Bonchev–Trinajstić information content (AvgIpc) is 4.19. The van der Waals surface area contributed by atoms with Crippen LogP contribution in [0.5, 0.6) is 0 Å². The Morgan fingerprint density at radius 3 is 1.40 bits per heavy atom. The monoisotopic (exact) mass is 938 g/mol. The molecule has 0 bridgehead atoms. The minimum absolute atomic E-state index is 0.846. The minimum Gasteiger partial charge on any atom is -0.456 e. The highest BCUT2D eigenvalue weighted by molar-refractivity contribution is 7.00. The molecule has 0 aliphatic rings. The summed E-state index contributed by atoms with van der Waals surface area (Å²) in [7, 11) is 0. The quantitative estimate of drug-likeness (QED) is 0.145. The van der Waals surface area contributed by atoms with Gasteiger partial charge in [0.1, 0.15) is 22.2 Å². The summed E-state index contributed by atoms with van der Waals surface area (Å²) in [6, 6.07) is 91.1. The van der Waals surface area contributed by atoms with E-state index in [0.717, 1.165) is 94.6 Å². The summed E-state index contributed by atoms with van der Waals surface area (Å²) in [5, 5.41) is 4.69. The Morgan fingerprint density at radius 2 is 0.792 bits per heavy atom. The van der Waals surface area contributed by atoms with Gasteiger partial charge in [0.25, 0.3) is 0 Å². The van der Waals surface area contributed by atoms with E-state index in [1.807, 2.05) is 12.1 Å². The van der Waals surface area contributed by atoms with Gasteiger partial charge in [0, 0.05) is 44.2 Å². The summed E-state index contributed by atoms with van der Waals surface area (Å²) in [5.41, 5.74) is 21.4. The molecule has 14 rings (SSSR count). The Bertz CT molecular complexity index is 4200. The maximum absolute atomic E-state index is 6.27. The Hall–Kier alpha value is -9.36. The molecule has 0 saturated heterocycles. The first kappa shape index (κ1) is 41.6. The van der Waals surface area contributed by atoms with E-state index in [4.69, 9.17) is 13.2 Å². The van der Waals surface area contributed by atoms with E-state index in [-0.39, 0.29) is 0 Å². The number of nitrogens with zero attached hydrogens (tertiary/aromatic N) is 4. The topological polar surface area (TPSA) is 47.1 Å². The van der Waals surface area contributed by atoms with Gasteiger partial charge in [-0.1, -0.05) is 164 Å². The normalized spacial score (nSPS) is 11.6. The van der Waals surface area contributed by atoms with Gasteiger partial charge in [-0.2, -0.15) is 8.75 Å². The van der Waals surface area contributed by atoms with Crippen molar-refractivity contribution in [2.24, 2.45) is 0 Å². The molecule has 0 fully saturated rings. The standard InChI is InChI=1S/C66H42N4OS/c1-4-12-43(13-5-1)46-20-29-52(30-21-46)69(53-31-22-47(23-32-53)51-26-35-57-56-18-10-11-19-63(56)71-64(57)42-51)62-39-36-55(65-66(62)68-72-67-65)48-24-33-54(34-25-48)70-60-37-27-49(44-14-6-2-7-15-44)40-58(60)59-41-50(28-38-61(59)70)45-16-8-3-9-17-45/h1-42H. The lowest BCUT2D eigenvalue weighted by Crippen LogP contribution is -2.10. The Labute approximate surface area is 420 Å². The van der Waals surface area contributed by atoms with Gasteiger partial charge in [-0.15, -0.1) is 0 Å². The molecule has 0 N–H and O–H groups in total. The highest BCUT2D eigenvalue weighted by Gasteiger charge is 2.22. The van der Waals surface area contributed by atoms with Crippen molar-refractivity contribution in [3.63, 3.8) is 0 Å². The zero-order valence-corrected chi connectivity index (χ0v) is 39.7. The first-order valence-electron chi connectivity index (χ1n) is 24.2. The third-order valence-electron chi connectivity index (χ3n) is 14.1. The summed E-state index contributed by atoms with van der Waals surface area (Å²) < 4.78 is 18.7. The minimum atomic E-state index is 0.846. The van der Waals surface area contributed by atoms with Gasteiger partial charge in [-0.05, 0) is 141 Å². The summed E-state index contributed by atoms with van der Waals surface area (Å²) in [5.74, 6) is 0. The molecule has 0 spiro atoms. The zero-order chi connectivity index (χ0) is 47.5. The molecule has 3 heterocycles. The second kappa shape index (κ2) is 17.2. The second-order valence-electron chi connectivity index (χ2n) is 18.3. The Kier molecular flexibility index (Phi) is 9.96. The Balaban J connectivity index is 0.846. The van der Waals surface area contributed by atoms with Gasteiger partial charge in [-0.3, -0.25) is 0 Å². The third-order valence-corrected chi connectivity index (χ3v) is 14.6. The van der Waals surface area contributed by atoms with Gasteiger partial charge in [0.15, 0.2) is 0 Å². The van der Waals surface area contributed by atoms with Gasteiger partial charge >= 0.3 is 0 Å². The number of rotatable bonds is 9. The van der Waals surface area contributed by atoms with Crippen molar-refractivity contribution in [3.8, 4) is 61.3 Å². The van der Waals surface area contributed by atoms with E-state index in [1.54, 1.807) is 0 Å². The maximum Gasteiger partial charge on any atom is 0.136 e. The summed E-state index contributed by atoms with van der Waals surface area (Å²) >= 11 is 1.25. The SMILES string of the molecule is c1ccc(-c2ccc(N(c3ccc(-c4ccc5c(c4)oc4ccccc45)cc3)c3ccc(-c4ccc(-n5c6ccc(-c7ccccc7)cc6c6cc(-c7ccccc7)ccc65)cc4)c4nsnc34)cc2)cc1. The van der Waals surface area contributed by atoms with Crippen molar-refractivity contribution in [2.45, 2.75) is 0 Å². The fraction of sp³-hybridized carbons (Fsp3) is 0. The number of hydrogen-bond acceptors (Lipinski definition) is 5. The van der Waals surface area contributed by atoms with Crippen molar-refractivity contribution in [1.82, 2.24) is 13.3 Å². The molecule has 0 saturated carbocycles. The first-order chi connectivity index (χ1) is 35.7. The van der Waals surface area contributed by atoms with Gasteiger partial charge in [0.05, 0.1) is 28.4 Å². The predicted molar refractivity (Wildman–Crippen MR) is 301 cm³/mol. The summed E-state index contributed by atoms with van der Waals surface area (Å²) in [6.07, 6.45) is 0. The largest absolute Gasteiger partial charge is 0.456 e. The van der Waals surface area contributed by atoms with Crippen LogP contribution in [0.1, 0.15) is 0 Å². The molecule has 0 radical (unpaired) electrons. The highest BCUT2D eigenvalue weighted by atomic mass is 32.1. The molecule has 0 aliphatic heterocycles. The second-order valence-corrected chi connectivity index (χ2v) is 18.8. The molecule has 338 valence electrons. The number of fused-ring (bicyclic) bond motifs is 7. The van der Waals surface area contributed by atoms with Crippen molar-refractivity contribution >= 4 is 83.6 Å². The van der Waals surface area contributed by atoms with Gasteiger partial charge < -0.3 is 13.9 Å². The van der Waals surface area contributed by atoms with Crippen LogP contribution in [-0.2, 0) is 0 Å². The van der Waals surface area contributed by atoms with Crippen molar-refractivity contribution in [2.75, 3.05) is 4.90 Å². The lowest BCUT2D eigenvalue weighted by atomic mass is 10.0. The number of benzene rings is 11. The van der Waals surface area contributed by atoms with Crippen LogP contribution in [0.2, 0.25) is 0 Å². The number of aromatic nitrogens is 3. The van der Waals surface area contributed by atoms with Gasteiger partial charge in [-0.25, -0.2) is 0 Å². The van der Waals surface area contributed by atoms with Gasteiger partial charge in [0.2, 0.25) is 0 Å². The zero-order valence-electron chi connectivity index (χ0n) is 38.9. The van der Waals surface area contributed by atoms with E-state index in [0.29, 0.717) is 0 Å². The molecular weight excluding hydrogens is 897 g/mol. The molecule has 0 amide bonds. The third kappa shape index (κ3) is 7.15. The highest BCUT2D eigenvalue weighted by Crippen LogP contribution is 2.44. The van der Waals surface area contributed by atoms with E-state index < -0.39 is 0 Å². The average molecular weight is 939 g/mol. The number of para-hydroxylation sites is 1. The van der Waals surface area contributed by atoms with Crippen LogP contribution >= 0.6 is 11.7 Å². The number of furan rings is 1. The van der Waals surface area contributed by atoms with E-state index in [2.05, 4.69) is 252 Å². The van der Waals surface area contributed by atoms with Crippen molar-refractivity contribution in [1.29, 1.82) is 0 Å². The maximum atomic E-state index is 6.27. The van der Waals surface area contributed by atoms with Crippen LogP contribution in [0, 0.1) is 0 Å². The molecule has 6 heteroatoms. The lowest BCUT2D eigenvalue weighted by Gasteiger charge is -2.26. The lowest BCUT2D eigenvalue weighted by molar-refractivity contribution is 0.669. The fourth-order valence-electron chi connectivity index (χ4n) is 10.5. The Morgan fingerprint density at radius 1 is 0.333 bits per heavy atom. The predicted octanol–water partition coefficient (Wildman–Crippen LogP) is 18.5. The molecule has 0 unspecified atom stereocenters. The molecule has 0 aliphatic carbocycles. The fourth-order valence-corrected chi connectivity index (χ4v) is 11.1. The van der Waals surface area contributed by atoms with Crippen LogP contribution < -0.4 is 4.90 Å². The molecule has 5 nitrogen and oxygen atoms in total. The summed E-state index contributed by atoms with van der Waals surface area (Å²) in [6.45, 7) is 0. The number of hydrogen-bond donors (Lipinski definition) is 0. The smallest absolute Gasteiger partial charge is 0.136 e. The van der Waals surface area contributed by atoms with Crippen LogP contribution in [0.3, 0.4) is 0 Å². The van der Waals surface area contributed by atoms with Crippen molar-refractivity contribution in [3.05, 3.63) is 255 Å². The van der Waals surface area contributed by atoms with Crippen molar-refractivity contribution < 1.29 is 4.42 Å². The van der Waals surface area contributed by atoms with Crippen LogP contribution in [0.4, 0.5) is 17.1 Å². The van der Waals surface area contributed by atoms with E-state index in [9.17, 15) is 0 Å². The molecule has 3 aromatic heterocycles. The van der Waals surface area contributed by atoms with Crippen LogP contribution in [-0.4, -0.2) is 13.3 Å². The molecule has 14 aromatic rings.